The van der Waals surface area contributed by atoms with Gasteiger partial charge in [-0.3, -0.25) is 9.48 Å². The molecule has 164 valence electrons. The van der Waals surface area contributed by atoms with Gasteiger partial charge in [0.15, 0.2) is 0 Å². The second-order valence-corrected chi connectivity index (χ2v) is 7.79. The SMILES string of the molecule is CC(C)Oc1ccc2c(C(=O)Nc3cnn(Cc4c(F)cccc4Cl)c3)cc(=O)oc2c1. The molecule has 0 spiro atoms. The summed E-state index contributed by atoms with van der Waals surface area (Å²) in [4.78, 5) is 24.9. The van der Waals surface area contributed by atoms with Gasteiger partial charge in [-0.2, -0.15) is 5.10 Å². The fourth-order valence-corrected chi connectivity index (χ4v) is 3.46. The van der Waals surface area contributed by atoms with Gasteiger partial charge >= 0.3 is 5.63 Å². The van der Waals surface area contributed by atoms with E-state index in [1.807, 2.05) is 13.8 Å². The first kappa shape index (κ1) is 21.6. The van der Waals surface area contributed by atoms with Gasteiger partial charge in [0, 0.05) is 34.3 Å². The first-order valence-corrected chi connectivity index (χ1v) is 10.2. The van der Waals surface area contributed by atoms with E-state index in [9.17, 15) is 14.0 Å². The summed E-state index contributed by atoms with van der Waals surface area (Å²) in [6.45, 7) is 3.85. The smallest absolute Gasteiger partial charge is 0.337 e. The molecule has 7 nitrogen and oxygen atoms in total. The molecule has 4 rings (SSSR count). The Kier molecular flexibility index (Phi) is 5.96. The van der Waals surface area contributed by atoms with Crippen molar-refractivity contribution in [2.24, 2.45) is 0 Å². The van der Waals surface area contributed by atoms with Crippen molar-refractivity contribution in [3.05, 3.63) is 87.2 Å². The van der Waals surface area contributed by atoms with Crippen molar-refractivity contribution < 1.29 is 18.3 Å². The van der Waals surface area contributed by atoms with Crippen molar-refractivity contribution in [2.45, 2.75) is 26.5 Å². The van der Waals surface area contributed by atoms with Gasteiger partial charge < -0.3 is 14.5 Å². The molecule has 32 heavy (non-hydrogen) atoms. The van der Waals surface area contributed by atoms with E-state index in [4.69, 9.17) is 20.8 Å². The standard InChI is InChI=1S/C23H19ClFN3O4/c1-13(2)31-15-6-7-16-17(9-22(29)32-21(16)8-15)23(30)27-14-10-26-28(11-14)12-18-19(24)4-3-5-20(18)25/h3-11,13H,12H2,1-2H3,(H,27,30). The number of amides is 1. The largest absolute Gasteiger partial charge is 0.491 e. The van der Waals surface area contributed by atoms with E-state index < -0.39 is 17.3 Å². The maximum atomic E-state index is 14.0. The average molecular weight is 456 g/mol. The van der Waals surface area contributed by atoms with E-state index in [1.165, 1.54) is 23.0 Å². The summed E-state index contributed by atoms with van der Waals surface area (Å²) in [5, 5.41) is 7.59. The molecule has 0 aliphatic heterocycles. The Balaban J connectivity index is 1.57. The predicted octanol–water partition coefficient (Wildman–Crippen LogP) is 4.87. The van der Waals surface area contributed by atoms with Crippen molar-refractivity contribution in [1.29, 1.82) is 0 Å². The highest BCUT2D eigenvalue weighted by Gasteiger charge is 2.16. The van der Waals surface area contributed by atoms with E-state index in [1.54, 1.807) is 30.5 Å². The molecule has 2 heterocycles. The lowest BCUT2D eigenvalue weighted by Gasteiger charge is -2.11. The molecular weight excluding hydrogens is 437 g/mol. The van der Waals surface area contributed by atoms with E-state index in [-0.39, 0.29) is 28.8 Å². The van der Waals surface area contributed by atoms with Crippen LogP contribution in [-0.4, -0.2) is 21.8 Å². The van der Waals surface area contributed by atoms with Crippen molar-refractivity contribution >= 4 is 34.2 Å². The molecule has 1 amide bonds. The summed E-state index contributed by atoms with van der Waals surface area (Å²) in [5.41, 5.74) is 0.405. The third kappa shape index (κ3) is 4.65. The Labute approximate surface area is 187 Å². The van der Waals surface area contributed by atoms with Crippen LogP contribution in [0.15, 0.2) is 64.1 Å². The summed E-state index contributed by atoms with van der Waals surface area (Å²) in [7, 11) is 0. The number of aromatic nitrogens is 2. The molecule has 0 bridgehead atoms. The zero-order chi connectivity index (χ0) is 22.8. The van der Waals surface area contributed by atoms with Gasteiger partial charge in [-0.1, -0.05) is 17.7 Å². The van der Waals surface area contributed by atoms with Crippen LogP contribution in [0.2, 0.25) is 5.02 Å². The lowest BCUT2D eigenvalue weighted by atomic mass is 10.1. The molecule has 0 saturated heterocycles. The molecule has 0 fully saturated rings. The monoisotopic (exact) mass is 455 g/mol. The van der Waals surface area contributed by atoms with E-state index in [0.29, 0.717) is 22.4 Å². The molecular formula is C23H19ClFN3O4. The highest BCUT2D eigenvalue weighted by atomic mass is 35.5. The minimum atomic E-state index is -0.658. The number of halogens is 2. The molecule has 0 aliphatic carbocycles. The van der Waals surface area contributed by atoms with Crippen LogP contribution in [0.25, 0.3) is 11.0 Å². The Morgan fingerprint density at radius 2 is 2.09 bits per heavy atom. The van der Waals surface area contributed by atoms with E-state index >= 15 is 0 Å². The summed E-state index contributed by atoms with van der Waals surface area (Å²) >= 11 is 6.06. The van der Waals surface area contributed by atoms with Crippen LogP contribution >= 0.6 is 11.6 Å². The van der Waals surface area contributed by atoms with Crippen LogP contribution in [-0.2, 0) is 6.54 Å². The normalized spacial score (nSPS) is 11.2. The Bertz CT molecular complexity index is 1340. The van der Waals surface area contributed by atoms with Gasteiger partial charge in [0.05, 0.1) is 30.1 Å². The second kappa shape index (κ2) is 8.84. The number of ether oxygens (including phenoxy) is 1. The number of fused-ring (bicyclic) bond motifs is 1. The zero-order valence-electron chi connectivity index (χ0n) is 17.3. The second-order valence-electron chi connectivity index (χ2n) is 7.38. The number of hydrogen-bond acceptors (Lipinski definition) is 5. The quantitative estimate of drug-likeness (QED) is 0.419. The van der Waals surface area contributed by atoms with Crippen LogP contribution in [0, 0.1) is 5.82 Å². The molecule has 2 aromatic carbocycles. The van der Waals surface area contributed by atoms with Gasteiger partial charge in [0.1, 0.15) is 17.1 Å². The molecule has 9 heteroatoms. The predicted molar refractivity (Wildman–Crippen MR) is 119 cm³/mol. The maximum Gasteiger partial charge on any atom is 0.337 e. The lowest BCUT2D eigenvalue weighted by molar-refractivity contribution is 0.102. The average Bonchev–Trinajstić information content (AvgIpc) is 3.16. The third-order valence-corrected chi connectivity index (χ3v) is 4.96. The Morgan fingerprint density at radius 1 is 1.28 bits per heavy atom. The summed E-state index contributed by atoms with van der Waals surface area (Å²) in [6, 6.07) is 10.5. The van der Waals surface area contributed by atoms with Gasteiger partial charge in [-0.25, -0.2) is 9.18 Å². The first-order chi connectivity index (χ1) is 15.3. The van der Waals surface area contributed by atoms with Crippen molar-refractivity contribution in [3.8, 4) is 5.75 Å². The molecule has 0 atom stereocenters. The van der Waals surface area contributed by atoms with E-state index in [2.05, 4.69) is 10.4 Å². The summed E-state index contributed by atoms with van der Waals surface area (Å²) < 4.78 is 26.3. The number of hydrogen-bond donors (Lipinski definition) is 1. The van der Waals surface area contributed by atoms with Crippen LogP contribution in [0.4, 0.5) is 10.1 Å². The van der Waals surface area contributed by atoms with E-state index in [0.717, 1.165) is 6.07 Å². The number of anilines is 1. The van der Waals surface area contributed by atoms with Crippen LogP contribution in [0.5, 0.6) is 5.75 Å². The van der Waals surface area contributed by atoms with Gasteiger partial charge in [0.25, 0.3) is 5.91 Å². The Hall–Kier alpha value is -3.65. The van der Waals surface area contributed by atoms with Crippen molar-refractivity contribution in [2.75, 3.05) is 5.32 Å². The van der Waals surface area contributed by atoms with Gasteiger partial charge in [0.2, 0.25) is 0 Å². The summed E-state index contributed by atoms with van der Waals surface area (Å²) in [6.07, 6.45) is 2.92. The first-order valence-electron chi connectivity index (χ1n) is 9.81. The minimum Gasteiger partial charge on any atom is -0.491 e. The highest BCUT2D eigenvalue weighted by molar-refractivity contribution is 6.31. The molecule has 2 aromatic heterocycles. The number of carbonyl (C=O) groups excluding carboxylic acids is 1. The molecule has 0 radical (unpaired) electrons. The zero-order valence-corrected chi connectivity index (χ0v) is 18.0. The van der Waals surface area contributed by atoms with Crippen molar-refractivity contribution in [3.63, 3.8) is 0 Å². The Morgan fingerprint density at radius 3 is 2.84 bits per heavy atom. The highest BCUT2D eigenvalue weighted by Crippen LogP contribution is 2.25. The topological polar surface area (TPSA) is 86.4 Å². The fraction of sp³-hybridized carbons (Fsp3) is 0.174. The number of nitrogens with one attached hydrogen (secondary N) is 1. The third-order valence-electron chi connectivity index (χ3n) is 4.61. The van der Waals surface area contributed by atoms with Gasteiger partial charge in [-0.15, -0.1) is 0 Å². The van der Waals surface area contributed by atoms with Crippen LogP contribution < -0.4 is 15.7 Å². The van der Waals surface area contributed by atoms with Crippen LogP contribution in [0.3, 0.4) is 0 Å². The summed E-state index contributed by atoms with van der Waals surface area (Å²) in [5.74, 6) is -0.424. The minimum absolute atomic E-state index is 0.0542. The number of carbonyl (C=O) groups is 1. The molecule has 0 aliphatic rings. The number of benzene rings is 2. The number of nitrogens with zero attached hydrogens (tertiary/aromatic N) is 2. The molecule has 0 unspecified atom stereocenters. The van der Waals surface area contributed by atoms with Crippen LogP contribution in [0.1, 0.15) is 29.8 Å². The molecule has 4 aromatic rings. The number of rotatable bonds is 6. The molecule has 0 saturated carbocycles. The maximum absolute atomic E-state index is 14.0. The fourth-order valence-electron chi connectivity index (χ4n) is 3.23. The van der Waals surface area contributed by atoms with Crippen molar-refractivity contribution in [1.82, 2.24) is 9.78 Å². The lowest BCUT2D eigenvalue weighted by Crippen LogP contribution is -2.15. The molecule has 1 N–H and O–H groups in total. The van der Waals surface area contributed by atoms with Gasteiger partial charge in [-0.05, 0) is 38.1 Å².